The minimum Gasteiger partial charge on any atom is -0.480 e. The molecule has 6 nitrogen and oxygen atoms in total. The third-order valence-corrected chi connectivity index (χ3v) is 5.43. The first-order valence-electron chi connectivity index (χ1n) is 7.13. The summed E-state index contributed by atoms with van der Waals surface area (Å²) in [5, 5.41) is 9.34. The van der Waals surface area contributed by atoms with Crippen molar-refractivity contribution in [3.63, 3.8) is 0 Å². The topological polar surface area (TPSA) is 91.8 Å². The summed E-state index contributed by atoms with van der Waals surface area (Å²) in [7, 11) is -3.49. The third-order valence-electron chi connectivity index (χ3n) is 3.71. The zero-order chi connectivity index (χ0) is 16.3. The second kappa shape index (κ2) is 6.48. The number of nitrogens with zero attached hydrogens (tertiary/aromatic N) is 1. The minimum atomic E-state index is -3.49. The van der Waals surface area contributed by atoms with Crippen molar-refractivity contribution in [3.05, 3.63) is 35.4 Å². The highest BCUT2D eigenvalue weighted by molar-refractivity contribution is 7.92. The number of carboxylic acids is 1. The molecule has 1 aliphatic heterocycles. The Balaban J connectivity index is 2.24. The van der Waals surface area contributed by atoms with Crippen LogP contribution < -0.4 is 0 Å². The summed E-state index contributed by atoms with van der Waals surface area (Å²) >= 11 is 0. The van der Waals surface area contributed by atoms with Crippen molar-refractivity contribution in [2.75, 3.05) is 11.5 Å². The monoisotopic (exact) mass is 325 g/mol. The van der Waals surface area contributed by atoms with Crippen LogP contribution in [0, 0.1) is 0 Å². The average molecular weight is 325 g/mol. The van der Waals surface area contributed by atoms with Crippen molar-refractivity contribution in [1.29, 1.82) is 0 Å². The number of carboxylic acid groups (broad SMARTS) is 1. The number of sulfone groups is 1. The maximum atomic E-state index is 12.3. The number of benzene rings is 1. The van der Waals surface area contributed by atoms with E-state index in [1.165, 1.54) is 0 Å². The summed E-state index contributed by atoms with van der Waals surface area (Å²) in [6.07, 6.45) is 0.631. The van der Waals surface area contributed by atoms with Gasteiger partial charge in [-0.2, -0.15) is 0 Å². The normalized spacial score (nSPS) is 17.9. The van der Waals surface area contributed by atoms with E-state index in [4.69, 9.17) is 0 Å². The molecule has 1 aromatic carbocycles. The molecule has 0 aliphatic carbocycles. The van der Waals surface area contributed by atoms with Crippen molar-refractivity contribution < 1.29 is 23.1 Å². The predicted molar refractivity (Wildman–Crippen MR) is 81.1 cm³/mol. The number of hydrogen-bond acceptors (Lipinski definition) is 4. The van der Waals surface area contributed by atoms with Crippen LogP contribution in [0.25, 0.3) is 0 Å². The smallest absolute Gasteiger partial charge is 0.326 e. The number of hydrogen-bond donors (Lipinski definition) is 1. The van der Waals surface area contributed by atoms with E-state index in [-0.39, 0.29) is 18.7 Å². The Morgan fingerprint density at radius 2 is 1.91 bits per heavy atom. The summed E-state index contributed by atoms with van der Waals surface area (Å²) in [5.41, 5.74) is 1.75. The van der Waals surface area contributed by atoms with E-state index in [9.17, 15) is 23.1 Å². The molecular weight excluding hydrogens is 306 g/mol. The Kier molecular flexibility index (Phi) is 4.85. The van der Waals surface area contributed by atoms with E-state index in [0.29, 0.717) is 6.42 Å². The van der Waals surface area contributed by atoms with E-state index in [0.717, 1.165) is 16.0 Å². The Bertz CT molecular complexity index is 683. The fourth-order valence-electron chi connectivity index (χ4n) is 2.66. The van der Waals surface area contributed by atoms with Crippen LogP contribution in [0.5, 0.6) is 0 Å². The van der Waals surface area contributed by atoms with Crippen LogP contribution >= 0.6 is 0 Å². The average Bonchev–Trinajstić information content (AvgIpc) is 2.45. The van der Waals surface area contributed by atoms with Crippen molar-refractivity contribution in [2.24, 2.45) is 0 Å². The number of amides is 1. The van der Waals surface area contributed by atoms with Gasteiger partial charge in [0, 0.05) is 13.0 Å². The maximum absolute atomic E-state index is 12.3. The van der Waals surface area contributed by atoms with Crippen molar-refractivity contribution in [3.8, 4) is 0 Å². The van der Waals surface area contributed by atoms with Gasteiger partial charge in [0.2, 0.25) is 5.91 Å². The molecule has 0 bridgehead atoms. The summed E-state index contributed by atoms with van der Waals surface area (Å²) in [5.74, 6) is -2.46. The van der Waals surface area contributed by atoms with Gasteiger partial charge >= 0.3 is 5.97 Å². The second-order valence-corrected chi connectivity index (χ2v) is 7.62. The minimum absolute atomic E-state index is 0.0685. The van der Waals surface area contributed by atoms with E-state index in [2.05, 4.69) is 0 Å². The zero-order valence-corrected chi connectivity index (χ0v) is 13.2. The Hall–Kier alpha value is -1.89. The van der Waals surface area contributed by atoms with Crippen LogP contribution in [0.1, 0.15) is 24.5 Å². The number of carbonyl (C=O) groups excluding carboxylic acids is 1. The first-order valence-corrected chi connectivity index (χ1v) is 8.95. The maximum Gasteiger partial charge on any atom is 0.326 e. The van der Waals surface area contributed by atoms with Gasteiger partial charge in [0.05, 0.1) is 5.75 Å². The molecule has 1 aliphatic rings. The molecule has 2 rings (SSSR count). The molecule has 22 heavy (non-hydrogen) atoms. The molecule has 1 unspecified atom stereocenters. The predicted octanol–water partition coefficient (Wildman–Crippen LogP) is 0.849. The molecule has 1 heterocycles. The van der Waals surface area contributed by atoms with Crippen LogP contribution in [0.2, 0.25) is 0 Å². The first-order chi connectivity index (χ1) is 10.3. The van der Waals surface area contributed by atoms with Gasteiger partial charge < -0.3 is 10.0 Å². The molecule has 1 N–H and O–H groups in total. The lowest BCUT2D eigenvalue weighted by Gasteiger charge is -2.34. The summed E-state index contributed by atoms with van der Waals surface area (Å²) in [6.45, 7) is 1.85. The lowest BCUT2D eigenvalue weighted by molar-refractivity contribution is -0.150. The van der Waals surface area contributed by atoms with Gasteiger partial charge in [0.15, 0.2) is 9.84 Å². The fraction of sp³-hybridized carbons (Fsp3) is 0.467. The van der Waals surface area contributed by atoms with Crippen LogP contribution in [0.3, 0.4) is 0 Å². The summed E-state index contributed by atoms with van der Waals surface area (Å²) in [6, 6.07) is 6.28. The second-order valence-electron chi connectivity index (χ2n) is 5.44. The number of rotatable bonds is 5. The number of aliphatic carboxylic acids is 1. The third kappa shape index (κ3) is 3.65. The van der Waals surface area contributed by atoms with Gasteiger partial charge in [-0.1, -0.05) is 31.2 Å². The van der Waals surface area contributed by atoms with Crippen molar-refractivity contribution >= 4 is 21.7 Å². The molecule has 0 fully saturated rings. The Morgan fingerprint density at radius 3 is 2.50 bits per heavy atom. The van der Waals surface area contributed by atoms with E-state index < -0.39 is 33.5 Å². The molecule has 0 aromatic heterocycles. The molecule has 1 amide bonds. The van der Waals surface area contributed by atoms with Gasteiger partial charge in [0.25, 0.3) is 0 Å². The molecule has 0 spiro atoms. The number of fused-ring (bicyclic) bond motifs is 1. The highest BCUT2D eigenvalue weighted by atomic mass is 32.2. The largest absolute Gasteiger partial charge is 0.480 e. The first kappa shape index (κ1) is 16.5. The van der Waals surface area contributed by atoms with Gasteiger partial charge in [-0.3, -0.25) is 4.79 Å². The van der Waals surface area contributed by atoms with Gasteiger partial charge in [-0.15, -0.1) is 0 Å². The lowest BCUT2D eigenvalue weighted by Crippen LogP contribution is -2.50. The van der Waals surface area contributed by atoms with E-state index in [1.807, 2.05) is 24.3 Å². The van der Waals surface area contributed by atoms with Gasteiger partial charge in [-0.25, -0.2) is 13.2 Å². The highest BCUT2D eigenvalue weighted by Gasteiger charge is 2.35. The van der Waals surface area contributed by atoms with Crippen molar-refractivity contribution in [2.45, 2.75) is 32.4 Å². The molecule has 1 aromatic rings. The highest BCUT2D eigenvalue weighted by Crippen LogP contribution is 2.24. The molecule has 0 saturated carbocycles. The molecular formula is C15H19NO5S. The fourth-order valence-corrected chi connectivity index (χ4v) is 3.97. The van der Waals surface area contributed by atoms with Crippen LogP contribution in [0.4, 0.5) is 0 Å². The SMILES string of the molecule is CCCS(=O)(=O)CC(=O)N1Cc2ccccc2CC1C(=O)O. The van der Waals surface area contributed by atoms with Gasteiger partial charge in [-0.05, 0) is 17.5 Å². The molecule has 0 saturated heterocycles. The van der Waals surface area contributed by atoms with E-state index >= 15 is 0 Å². The quantitative estimate of drug-likeness (QED) is 0.866. The van der Waals surface area contributed by atoms with E-state index in [1.54, 1.807) is 6.92 Å². The Labute approximate surface area is 129 Å². The Morgan fingerprint density at radius 1 is 1.27 bits per heavy atom. The number of carbonyl (C=O) groups is 2. The van der Waals surface area contributed by atoms with Crippen LogP contribution in [0.15, 0.2) is 24.3 Å². The summed E-state index contributed by atoms with van der Waals surface area (Å²) in [4.78, 5) is 24.9. The van der Waals surface area contributed by atoms with Crippen LogP contribution in [-0.4, -0.2) is 47.8 Å². The van der Waals surface area contributed by atoms with Crippen molar-refractivity contribution in [1.82, 2.24) is 4.90 Å². The standard InChI is InChI=1S/C15H19NO5S/c1-2-7-22(20,21)10-14(17)16-9-12-6-4-3-5-11(12)8-13(16)15(18)19/h3-6,13H,2,7-10H2,1H3,(H,18,19). The zero-order valence-electron chi connectivity index (χ0n) is 12.4. The van der Waals surface area contributed by atoms with Crippen LogP contribution in [-0.2, 0) is 32.4 Å². The summed E-state index contributed by atoms with van der Waals surface area (Å²) < 4.78 is 23.6. The molecule has 120 valence electrons. The molecule has 0 radical (unpaired) electrons. The van der Waals surface area contributed by atoms with Gasteiger partial charge in [0.1, 0.15) is 11.8 Å². The lowest BCUT2D eigenvalue weighted by atomic mass is 9.94. The molecule has 7 heteroatoms. The molecule has 1 atom stereocenters.